The molecule has 0 bridgehead atoms. The highest BCUT2D eigenvalue weighted by atomic mass is 19.4. The van der Waals surface area contributed by atoms with Crippen LogP contribution in [0.3, 0.4) is 0 Å². The number of nitrogens with two attached hydrogens (primary N) is 1. The summed E-state index contributed by atoms with van der Waals surface area (Å²) in [7, 11) is 2.79. The zero-order valence-electron chi connectivity index (χ0n) is 12.1. The van der Waals surface area contributed by atoms with Gasteiger partial charge in [0.25, 0.3) is 5.91 Å². The van der Waals surface area contributed by atoms with Crippen molar-refractivity contribution < 1.29 is 27.4 Å². The summed E-state index contributed by atoms with van der Waals surface area (Å²) >= 11 is 0. The molecule has 1 amide bonds. The molecule has 0 aliphatic carbocycles. The van der Waals surface area contributed by atoms with Crippen LogP contribution in [0.1, 0.15) is 16.2 Å². The Balaban J connectivity index is 2.67. The SMILES string of the molecule is COc1ccc(-c2nc(C(F)(F)F)ncc2C(N)=O)cc1OC. The van der Waals surface area contributed by atoms with Crippen LogP contribution in [0.4, 0.5) is 13.2 Å². The first-order valence-electron chi connectivity index (χ1n) is 6.24. The molecule has 1 aromatic heterocycles. The van der Waals surface area contributed by atoms with Gasteiger partial charge in [0.05, 0.1) is 25.5 Å². The average Bonchev–Trinajstić information content (AvgIpc) is 2.52. The van der Waals surface area contributed by atoms with Gasteiger partial charge in [-0.1, -0.05) is 0 Å². The van der Waals surface area contributed by atoms with E-state index in [0.29, 0.717) is 5.75 Å². The van der Waals surface area contributed by atoms with Gasteiger partial charge in [-0.3, -0.25) is 4.79 Å². The van der Waals surface area contributed by atoms with Gasteiger partial charge in [-0.2, -0.15) is 13.2 Å². The van der Waals surface area contributed by atoms with E-state index in [4.69, 9.17) is 15.2 Å². The minimum Gasteiger partial charge on any atom is -0.493 e. The lowest BCUT2D eigenvalue weighted by Gasteiger charge is -2.12. The molecule has 6 nitrogen and oxygen atoms in total. The van der Waals surface area contributed by atoms with Gasteiger partial charge in [0.15, 0.2) is 11.5 Å². The first-order valence-corrected chi connectivity index (χ1v) is 6.24. The van der Waals surface area contributed by atoms with Crippen LogP contribution in [0.25, 0.3) is 11.3 Å². The van der Waals surface area contributed by atoms with Crippen LogP contribution in [0.5, 0.6) is 11.5 Å². The molecule has 23 heavy (non-hydrogen) atoms. The van der Waals surface area contributed by atoms with Gasteiger partial charge in [-0.25, -0.2) is 9.97 Å². The number of aromatic nitrogens is 2. The second-order valence-corrected chi connectivity index (χ2v) is 4.39. The molecule has 0 fully saturated rings. The molecule has 0 aliphatic rings. The summed E-state index contributed by atoms with van der Waals surface area (Å²) in [4.78, 5) is 18.0. The van der Waals surface area contributed by atoms with Gasteiger partial charge in [-0.15, -0.1) is 0 Å². The zero-order chi connectivity index (χ0) is 17.2. The lowest BCUT2D eigenvalue weighted by molar-refractivity contribution is -0.144. The third-order valence-electron chi connectivity index (χ3n) is 2.96. The standard InChI is InChI=1S/C14H12F3N3O3/c1-22-9-4-3-7(5-10(9)23-2)11-8(12(18)21)6-19-13(20-11)14(15,16)17/h3-6H,1-2H3,(H2,18,21). The predicted octanol–water partition coefficient (Wildman–Crippen LogP) is 2.28. The van der Waals surface area contributed by atoms with Crippen molar-refractivity contribution in [2.75, 3.05) is 14.2 Å². The van der Waals surface area contributed by atoms with Crippen LogP contribution >= 0.6 is 0 Å². The first-order chi connectivity index (χ1) is 10.8. The van der Waals surface area contributed by atoms with E-state index in [1.54, 1.807) is 0 Å². The number of carbonyl (C=O) groups is 1. The molecule has 9 heteroatoms. The van der Waals surface area contributed by atoms with E-state index in [0.717, 1.165) is 6.20 Å². The second kappa shape index (κ2) is 6.11. The molecular formula is C14H12F3N3O3. The van der Waals surface area contributed by atoms with Gasteiger partial charge < -0.3 is 15.2 Å². The third kappa shape index (κ3) is 3.33. The van der Waals surface area contributed by atoms with E-state index >= 15 is 0 Å². The van der Waals surface area contributed by atoms with Crippen LogP contribution in [-0.2, 0) is 6.18 Å². The number of alkyl halides is 3. The zero-order valence-corrected chi connectivity index (χ0v) is 12.1. The van der Waals surface area contributed by atoms with Crippen LogP contribution in [0.2, 0.25) is 0 Å². The number of ether oxygens (including phenoxy) is 2. The fourth-order valence-corrected chi connectivity index (χ4v) is 1.90. The maximum atomic E-state index is 12.8. The quantitative estimate of drug-likeness (QED) is 0.931. The number of hydrogen-bond donors (Lipinski definition) is 1. The molecule has 0 aliphatic heterocycles. The molecule has 1 heterocycles. The van der Waals surface area contributed by atoms with Gasteiger partial charge in [0.2, 0.25) is 5.82 Å². The van der Waals surface area contributed by atoms with E-state index in [1.807, 2.05) is 0 Å². The van der Waals surface area contributed by atoms with E-state index < -0.39 is 17.9 Å². The molecule has 2 N–H and O–H groups in total. The highest BCUT2D eigenvalue weighted by Crippen LogP contribution is 2.34. The van der Waals surface area contributed by atoms with Gasteiger partial charge in [0, 0.05) is 11.8 Å². The summed E-state index contributed by atoms with van der Waals surface area (Å²) in [5.41, 5.74) is 4.93. The van der Waals surface area contributed by atoms with E-state index in [2.05, 4.69) is 9.97 Å². The molecule has 0 spiro atoms. The predicted molar refractivity (Wildman–Crippen MR) is 74.1 cm³/mol. The van der Waals surface area contributed by atoms with Gasteiger partial charge in [0.1, 0.15) is 0 Å². The number of carbonyl (C=O) groups excluding carboxylic acids is 1. The number of methoxy groups -OCH3 is 2. The number of nitrogens with zero attached hydrogens (tertiary/aromatic N) is 2. The summed E-state index contributed by atoms with van der Waals surface area (Å²) in [6.45, 7) is 0. The highest BCUT2D eigenvalue weighted by Gasteiger charge is 2.35. The molecule has 0 radical (unpaired) electrons. The van der Waals surface area contributed by atoms with Crippen molar-refractivity contribution in [2.45, 2.75) is 6.18 Å². The number of amides is 1. The summed E-state index contributed by atoms with van der Waals surface area (Å²) in [6, 6.07) is 4.32. The number of hydrogen-bond acceptors (Lipinski definition) is 5. The van der Waals surface area contributed by atoms with Crippen LogP contribution < -0.4 is 15.2 Å². The molecule has 0 saturated carbocycles. The maximum absolute atomic E-state index is 12.8. The summed E-state index contributed by atoms with van der Waals surface area (Å²) < 4.78 is 48.5. The second-order valence-electron chi connectivity index (χ2n) is 4.39. The molecule has 0 atom stereocenters. The average molecular weight is 327 g/mol. The smallest absolute Gasteiger partial charge is 0.451 e. The fraction of sp³-hybridized carbons (Fsp3) is 0.214. The Labute approximate surface area is 129 Å². The molecule has 0 saturated heterocycles. The molecular weight excluding hydrogens is 315 g/mol. The molecule has 2 rings (SSSR count). The number of benzene rings is 1. The molecule has 2 aromatic rings. The van der Waals surface area contributed by atoms with Crippen molar-refractivity contribution in [1.29, 1.82) is 0 Å². The normalized spacial score (nSPS) is 11.2. The number of halogens is 3. The number of rotatable bonds is 4. The summed E-state index contributed by atoms with van der Waals surface area (Å²) in [6.07, 6.45) is -3.99. The summed E-state index contributed by atoms with van der Waals surface area (Å²) in [5, 5.41) is 0. The Kier molecular flexibility index (Phi) is 4.39. The highest BCUT2D eigenvalue weighted by molar-refractivity contribution is 5.98. The maximum Gasteiger partial charge on any atom is 0.451 e. The Morgan fingerprint density at radius 2 is 1.83 bits per heavy atom. The van der Waals surface area contributed by atoms with E-state index in [-0.39, 0.29) is 22.6 Å². The minimum absolute atomic E-state index is 0.212. The van der Waals surface area contributed by atoms with Crippen molar-refractivity contribution in [3.8, 4) is 22.8 Å². The van der Waals surface area contributed by atoms with E-state index in [1.165, 1.54) is 32.4 Å². The Morgan fingerprint density at radius 3 is 2.35 bits per heavy atom. The van der Waals surface area contributed by atoms with Crippen molar-refractivity contribution in [1.82, 2.24) is 9.97 Å². The third-order valence-corrected chi connectivity index (χ3v) is 2.96. The Morgan fingerprint density at radius 1 is 1.17 bits per heavy atom. The first kappa shape index (κ1) is 16.5. The summed E-state index contributed by atoms with van der Waals surface area (Å²) in [5.74, 6) is -1.66. The lowest BCUT2D eigenvalue weighted by atomic mass is 10.1. The minimum atomic E-state index is -4.75. The van der Waals surface area contributed by atoms with Gasteiger partial charge in [-0.05, 0) is 18.2 Å². The Hall–Kier alpha value is -2.84. The number of primary amides is 1. The van der Waals surface area contributed by atoms with Crippen LogP contribution in [-0.4, -0.2) is 30.1 Å². The van der Waals surface area contributed by atoms with Gasteiger partial charge >= 0.3 is 6.18 Å². The lowest BCUT2D eigenvalue weighted by Crippen LogP contribution is -2.18. The van der Waals surface area contributed by atoms with Crippen molar-refractivity contribution in [3.05, 3.63) is 35.8 Å². The van der Waals surface area contributed by atoms with Crippen molar-refractivity contribution in [3.63, 3.8) is 0 Å². The Bertz CT molecular complexity index is 748. The van der Waals surface area contributed by atoms with Crippen LogP contribution in [0.15, 0.2) is 24.4 Å². The molecule has 1 aromatic carbocycles. The fourth-order valence-electron chi connectivity index (χ4n) is 1.90. The molecule has 0 unspecified atom stereocenters. The monoisotopic (exact) mass is 327 g/mol. The topological polar surface area (TPSA) is 87.3 Å². The van der Waals surface area contributed by atoms with Crippen molar-refractivity contribution in [2.24, 2.45) is 5.73 Å². The van der Waals surface area contributed by atoms with Crippen molar-refractivity contribution >= 4 is 5.91 Å². The van der Waals surface area contributed by atoms with E-state index in [9.17, 15) is 18.0 Å². The molecule has 122 valence electrons. The largest absolute Gasteiger partial charge is 0.493 e. The van der Waals surface area contributed by atoms with Crippen LogP contribution in [0, 0.1) is 0 Å².